The zero-order valence-electron chi connectivity index (χ0n) is 12.1. The molecule has 0 bridgehead atoms. The summed E-state index contributed by atoms with van der Waals surface area (Å²) in [5.41, 5.74) is -0.00740. The quantitative estimate of drug-likeness (QED) is 0.859. The second-order valence-electron chi connectivity index (χ2n) is 5.81. The fourth-order valence-electron chi connectivity index (χ4n) is 1.70. The van der Waals surface area contributed by atoms with Crippen molar-refractivity contribution in [3.63, 3.8) is 0 Å². The van der Waals surface area contributed by atoms with Gasteiger partial charge in [-0.2, -0.15) is 0 Å². The van der Waals surface area contributed by atoms with Gasteiger partial charge in [-0.15, -0.1) is 0 Å². The Morgan fingerprint density at radius 2 is 2.21 bits per heavy atom. The molecular weight excluding hydrogens is 246 g/mol. The minimum atomic E-state index is -0.225. The van der Waals surface area contributed by atoms with Crippen molar-refractivity contribution >= 4 is 11.8 Å². The lowest BCUT2D eigenvalue weighted by atomic mass is 9.96. The van der Waals surface area contributed by atoms with E-state index in [0.29, 0.717) is 31.1 Å². The number of anilines is 1. The molecule has 0 aromatic carbocycles. The van der Waals surface area contributed by atoms with Gasteiger partial charge in [0.1, 0.15) is 5.76 Å². The van der Waals surface area contributed by atoms with Gasteiger partial charge in [0.15, 0.2) is 5.82 Å². The average Bonchev–Trinajstić information content (AvgIpc) is 2.68. The highest BCUT2D eigenvalue weighted by Crippen LogP contribution is 2.16. The van der Waals surface area contributed by atoms with Crippen LogP contribution >= 0.6 is 0 Å². The number of carbonyl (C=O) groups excluding carboxylic acids is 1. The molecule has 1 aromatic rings. The van der Waals surface area contributed by atoms with E-state index in [4.69, 9.17) is 9.63 Å². The molecule has 19 heavy (non-hydrogen) atoms. The Balaban J connectivity index is 2.65. The highest BCUT2D eigenvalue weighted by molar-refractivity contribution is 5.88. The number of rotatable bonds is 5. The number of aliphatic hydroxyl groups is 1. The number of carbonyl (C=O) groups is 1. The first kappa shape index (κ1) is 15.5. The molecule has 0 aliphatic rings. The van der Waals surface area contributed by atoms with Gasteiger partial charge in [0.05, 0.1) is 0 Å². The molecule has 6 nitrogen and oxygen atoms in total. The summed E-state index contributed by atoms with van der Waals surface area (Å²) >= 11 is 0. The first-order valence-corrected chi connectivity index (χ1v) is 6.42. The summed E-state index contributed by atoms with van der Waals surface area (Å²) in [7, 11) is 0. The van der Waals surface area contributed by atoms with Crippen LogP contribution in [0.2, 0.25) is 0 Å². The highest BCUT2D eigenvalue weighted by atomic mass is 16.5. The van der Waals surface area contributed by atoms with Crippen molar-refractivity contribution < 1.29 is 14.4 Å². The lowest BCUT2D eigenvalue weighted by Crippen LogP contribution is -2.41. The summed E-state index contributed by atoms with van der Waals surface area (Å²) in [6, 6.07) is 1.44. The number of aryl methyl sites for hydroxylation is 1. The van der Waals surface area contributed by atoms with Crippen molar-refractivity contribution in [3.05, 3.63) is 11.8 Å². The van der Waals surface area contributed by atoms with E-state index in [1.165, 1.54) is 0 Å². The molecule has 6 heteroatoms. The van der Waals surface area contributed by atoms with E-state index in [-0.39, 0.29) is 18.1 Å². The molecule has 0 aliphatic carbocycles. The van der Waals surface area contributed by atoms with E-state index in [1.807, 2.05) is 0 Å². The molecule has 1 rings (SSSR count). The van der Waals surface area contributed by atoms with E-state index in [2.05, 4.69) is 31.2 Å². The van der Waals surface area contributed by atoms with Crippen LogP contribution < -0.4 is 5.32 Å². The molecule has 0 aliphatic heterocycles. The van der Waals surface area contributed by atoms with E-state index in [9.17, 15) is 4.79 Å². The number of hydrogen-bond acceptors (Lipinski definition) is 4. The molecule has 1 heterocycles. The Labute approximate surface area is 113 Å². The Morgan fingerprint density at radius 3 is 2.68 bits per heavy atom. The van der Waals surface area contributed by atoms with E-state index in [0.717, 1.165) is 0 Å². The van der Waals surface area contributed by atoms with Gasteiger partial charge in [0.2, 0.25) is 0 Å². The second-order valence-corrected chi connectivity index (χ2v) is 5.81. The fraction of sp³-hybridized carbons (Fsp3) is 0.692. The van der Waals surface area contributed by atoms with Crippen LogP contribution in [0.1, 0.15) is 33.0 Å². The van der Waals surface area contributed by atoms with Gasteiger partial charge in [-0.1, -0.05) is 25.9 Å². The zero-order valence-corrected chi connectivity index (χ0v) is 12.1. The van der Waals surface area contributed by atoms with Crippen LogP contribution in [-0.2, 0) is 0 Å². The van der Waals surface area contributed by atoms with Gasteiger partial charge in [0, 0.05) is 25.8 Å². The van der Waals surface area contributed by atoms with Crippen molar-refractivity contribution in [3.8, 4) is 0 Å². The molecule has 0 saturated heterocycles. The van der Waals surface area contributed by atoms with Crippen molar-refractivity contribution in [2.45, 2.75) is 34.1 Å². The van der Waals surface area contributed by atoms with Gasteiger partial charge in [0.25, 0.3) is 0 Å². The van der Waals surface area contributed by atoms with Crippen LogP contribution in [-0.4, -0.2) is 40.9 Å². The molecule has 0 fully saturated rings. The Hall–Kier alpha value is -1.56. The third-order valence-corrected chi connectivity index (χ3v) is 2.40. The summed E-state index contributed by atoms with van der Waals surface area (Å²) < 4.78 is 4.90. The molecule has 0 unspecified atom stereocenters. The van der Waals surface area contributed by atoms with Crippen molar-refractivity contribution in [1.82, 2.24) is 10.1 Å². The predicted molar refractivity (Wildman–Crippen MR) is 73.0 cm³/mol. The summed E-state index contributed by atoms with van der Waals surface area (Å²) in [6.07, 6.45) is 0.557. The monoisotopic (exact) mass is 269 g/mol. The van der Waals surface area contributed by atoms with Crippen LogP contribution in [0.4, 0.5) is 10.6 Å². The van der Waals surface area contributed by atoms with Crippen LogP contribution in [0.25, 0.3) is 0 Å². The summed E-state index contributed by atoms with van der Waals surface area (Å²) in [5, 5.41) is 15.3. The molecule has 0 spiro atoms. The number of aliphatic hydroxyl groups excluding tert-OH is 1. The summed E-state index contributed by atoms with van der Waals surface area (Å²) in [4.78, 5) is 13.8. The van der Waals surface area contributed by atoms with Crippen LogP contribution in [0, 0.1) is 12.3 Å². The van der Waals surface area contributed by atoms with Crippen molar-refractivity contribution in [2.24, 2.45) is 5.41 Å². The standard InChI is InChI=1S/C13H23N3O3/c1-10-8-11(15-19-10)14-12(18)16(6-5-7-17)9-13(2,3)4/h8,17H,5-7,9H2,1-4H3,(H,14,15,18). The lowest BCUT2D eigenvalue weighted by Gasteiger charge is -2.29. The Bertz CT molecular complexity index is 410. The largest absolute Gasteiger partial charge is 0.396 e. The summed E-state index contributed by atoms with van der Waals surface area (Å²) in [6.45, 7) is 9.13. The van der Waals surface area contributed by atoms with Gasteiger partial charge < -0.3 is 14.5 Å². The van der Waals surface area contributed by atoms with Crippen molar-refractivity contribution in [2.75, 3.05) is 25.0 Å². The maximum Gasteiger partial charge on any atom is 0.323 e. The third-order valence-electron chi connectivity index (χ3n) is 2.40. The normalized spacial score (nSPS) is 11.4. The molecular formula is C13H23N3O3. The molecule has 2 amide bonds. The molecule has 108 valence electrons. The number of aromatic nitrogens is 1. The molecule has 1 aromatic heterocycles. The van der Waals surface area contributed by atoms with E-state index >= 15 is 0 Å². The van der Waals surface area contributed by atoms with E-state index in [1.54, 1.807) is 17.9 Å². The second kappa shape index (κ2) is 6.56. The van der Waals surface area contributed by atoms with E-state index < -0.39 is 0 Å². The first-order chi connectivity index (χ1) is 8.81. The molecule has 0 radical (unpaired) electrons. The molecule has 2 N–H and O–H groups in total. The number of nitrogens with zero attached hydrogens (tertiary/aromatic N) is 2. The Kier molecular flexibility index (Phi) is 5.35. The summed E-state index contributed by atoms with van der Waals surface area (Å²) in [5.74, 6) is 1.05. The number of amides is 2. The third kappa shape index (κ3) is 5.74. The van der Waals surface area contributed by atoms with Gasteiger partial charge in [-0.3, -0.25) is 5.32 Å². The van der Waals surface area contributed by atoms with Crippen LogP contribution in [0.15, 0.2) is 10.6 Å². The lowest BCUT2D eigenvalue weighted by molar-refractivity contribution is 0.175. The minimum Gasteiger partial charge on any atom is -0.396 e. The number of urea groups is 1. The minimum absolute atomic E-state index is 0.00740. The molecule has 0 saturated carbocycles. The maximum absolute atomic E-state index is 12.2. The molecule has 0 atom stereocenters. The van der Waals surface area contributed by atoms with Crippen LogP contribution in [0.5, 0.6) is 0 Å². The van der Waals surface area contributed by atoms with Gasteiger partial charge >= 0.3 is 6.03 Å². The Morgan fingerprint density at radius 1 is 1.53 bits per heavy atom. The first-order valence-electron chi connectivity index (χ1n) is 6.42. The predicted octanol–water partition coefficient (Wildman–Crippen LogP) is 2.25. The smallest absolute Gasteiger partial charge is 0.323 e. The average molecular weight is 269 g/mol. The highest BCUT2D eigenvalue weighted by Gasteiger charge is 2.21. The zero-order chi connectivity index (χ0) is 14.5. The topological polar surface area (TPSA) is 78.6 Å². The van der Waals surface area contributed by atoms with Gasteiger partial charge in [-0.25, -0.2) is 4.79 Å². The number of nitrogens with one attached hydrogen (secondary N) is 1. The fourth-order valence-corrected chi connectivity index (χ4v) is 1.70. The maximum atomic E-state index is 12.2. The SMILES string of the molecule is Cc1cc(NC(=O)N(CCCO)CC(C)(C)C)no1. The van der Waals surface area contributed by atoms with Gasteiger partial charge in [-0.05, 0) is 18.8 Å². The number of hydrogen-bond donors (Lipinski definition) is 2. The van der Waals surface area contributed by atoms with Crippen LogP contribution in [0.3, 0.4) is 0 Å². The van der Waals surface area contributed by atoms with Crippen molar-refractivity contribution in [1.29, 1.82) is 0 Å².